The zero-order chi connectivity index (χ0) is 14.7. The van der Waals surface area contributed by atoms with Gasteiger partial charge in [0.25, 0.3) is 0 Å². The zero-order valence-electron chi connectivity index (χ0n) is 11.0. The number of aromatic nitrogens is 1. The molecule has 0 aliphatic carbocycles. The Labute approximate surface area is 135 Å². The third-order valence-corrected chi connectivity index (χ3v) is 3.83. The molecule has 104 valence electrons. The van der Waals surface area contributed by atoms with Gasteiger partial charge in [-0.15, -0.1) is 0 Å². The second kappa shape index (κ2) is 6.09. The summed E-state index contributed by atoms with van der Waals surface area (Å²) in [6, 6.07) is 17.1. The molecular formula is C16H12IN3O. The molecule has 21 heavy (non-hydrogen) atoms. The number of phenolic OH excluding ortho intramolecular Hbond substituents is 1. The topological polar surface area (TPSA) is 57.5 Å². The highest BCUT2D eigenvalue weighted by Gasteiger charge is 1.98. The highest BCUT2D eigenvalue weighted by atomic mass is 127. The number of hydrogen-bond donors (Lipinski definition) is 2. The van der Waals surface area contributed by atoms with Gasteiger partial charge in [0, 0.05) is 5.39 Å². The Morgan fingerprint density at radius 3 is 2.81 bits per heavy atom. The minimum absolute atomic E-state index is 0.275. The minimum atomic E-state index is 0.275. The van der Waals surface area contributed by atoms with Gasteiger partial charge in [-0.2, -0.15) is 5.10 Å². The Kier molecular flexibility index (Phi) is 4.01. The van der Waals surface area contributed by atoms with Crippen molar-refractivity contribution >= 4 is 45.5 Å². The van der Waals surface area contributed by atoms with E-state index < -0.39 is 0 Å². The number of hydrazone groups is 1. The fraction of sp³-hybridized carbons (Fsp3) is 0. The standard InChI is InChI=1S/C16H12IN3O/c17-13-9-11(5-7-15(13)21)10-18-20-16-8-6-12-3-1-2-4-14(12)19-16/h1-10,21H,(H,19,20)/b18-10-. The number of pyridine rings is 1. The van der Waals surface area contributed by atoms with E-state index in [-0.39, 0.29) is 5.75 Å². The summed E-state index contributed by atoms with van der Waals surface area (Å²) in [5.41, 5.74) is 4.75. The quantitative estimate of drug-likeness (QED) is 0.405. The third-order valence-electron chi connectivity index (χ3n) is 2.96. The van der Waals surface area contributed by atoms with Crippen LogP contribution in [-0.4, -0.2) is 16.3 Å². The number of para-hydroxylation sites is 1. The lowest BCUT2D eigenvalue weighted by molar-refractivity contribution is 0.471. The molecular weight excluding hydrogens is 377 g/mol. The molecule has 0 spiro atoms. The zero-order valence-corrected chi connectivity index (χ0v) is 13.2. The summed E-state index contributed by atoms with van der Waals surface area (Å²) in [5.74, 6) is 0.968. The number of rotatable bonds is 3. The van der Waals surface area contributed by atoms with Gasteiger partial charge in [0.15, 0.2) is 0 Å². The molecule has 4 nitrogen and oxygen atoms in total. The maximum atomic E-state index is 9.47. The molecule has 2 N–H and O–H groups in total. The number of nitrogens with zero attached hydrogens (tertiary/aromatic N) is 2. The van der Waals surface area contributed by atoms with E-state index in [1.54, 1.807) is 18.3 Å². The SMILES string of the molecule is Oc1ccc(/C=N\Nc2ccc3ccccc3n2)cc1I. The fourth-order valence-electron chi connectivity index (χ4n) is 1.90. The molecule has 0 atom stereocenters. The Bertz CT molecular complexity index is 817. The van der Waals surface area contributed by atoms with E-state index in [2.05, 4.69) is 38.1 Å². The van der Waals surface area contributed by atoms with E-state index in [1.807, 2.05) is 42.5 Å². The van der Waals surface area contributed by atoms with Crippen molar-refractivity contribution in [1.82, 2.24) is 4.98 Å². The van der Waals surface area contributed by atoms with Gasteiger partial charge >= 0.3 is 0 Å². The molecule has 3 aromatic rings. The van der Waals surface area contributed by atoms with Gasteiger partial charge in [-0.25, -0.2) is 4.98 Å². The van der Waals surface area contributed by atoms with Crippen molar-refractivity contribution in [1.29, 1.82) is 0 Å². The van der Waals surface area contributed by atoms with Crippen LogP contribution in [0.5, 0.6) is 5.75 Å². The van der Waals surface area contributed by atoms with Crippen LogP contribution >= 0.6 is 22.6 Å². The van der Waals surface area contributed by atoms with E-state index in [4.69, 9.17) is 0 Å². The monoisotopic (exact) mass is 389 g/mol. The number of hydrogen-bond acceptors (Lipinski definition) is 4. The van der Waals surface area contributed by atoms with Crippen molar-refractivity contribution < 1.29 is 5.11 Å². The van der Waals surface area contributed by atoms with Gasteiger partial charge in [-0.1, -0.05) is 18.2 Å². The van der Waals surface area contributed by atoms with E-state index >= 15 is 0 Å². The molecule has 2 aromatic carbocycles. The van der Waals surface area contributed by atoms with Gasteiger partial charge in [0.2, 0.25) is 0 Å². The van der Waals surface area contributed by atoms with E-state index in [0.29, 0.717) is 5.82 Å². The van der Waals surface area contributed by atoms with Crippen LogP contribution < -0.4 is 5.43 Å². The smallest absolute Gasteiger partial charge is 0.146 e. The first-order valence-electron chi connectivity index (χ1n) is 6.36. The van der Waals surface area contributed by atoms with Crippen LogP contribution in [0.1, 0.15) is 5.56 Å². The number of fused-ring (bicyclic) bond motifs is 1. The van der Waals surface area contributed by atoms with E-state index in [9.17, 15) is 5.11 Å². The van der Waals surface area contributed by atoms with Crippen molar-refractivity contribution in [2.24, 2.45) is 5.10 Å². The summed E-state index contributed by atoms with van der Waals surface area (Å²) in [6.07, 6.45) is 1.69. The fourth-order valence-corrected chi connectivity index (χ4v) is 2.44. The van der Waals surface area contributed by atoms with Gasteiger partial charge in [-0.3, -0.25) is 5.43 Å². The van der Waals surface area contributed by atoms with Crippen molar-refractivity contribution in [2.45, 2.75) is 0 Å². The van der Waals surface area contributed by atoms with Crippen LogP contribution in [0.15, 0.2) is 59.7 Å². The molecule has 0 amide bonds. The molecule has 3 rings (SSSR count). The Morgan fingerprint density at radius 1 is 1.10 bits per heavy atom. The van der Waals surface area contributed by atoms with Crippen LogP contribution in [0.3, 0.4) is 0 Å². The Balaban J connectivity index is 1.76. The molecule has 1 aromatic heterocycles. The third kappa shape index (κ3) is 3.30. The summed E-state index contributed by atoms with van der Waals surface area (Å²) in [6.45, 7) is 0. The number of anilines is 1. The van der Waals surface area contributed by atoms with Gasteiger partial charge in [0.1, 0.15) is 11.6 Å². The molecule has 0 fully saturated rings. The second-order valence-electron chi connectivity index (χ2n) is 4.47. The first kappa shape index (κ1) is 13.8. The molecule has 0 bridgehead atoms. The van der Waals surface area contributed by atoms with Crippen LogP contribution in [0.4, 0.5) is 5.82 Å². The summed E-state index contributed by atoms with van der Waals surface area (Å²) >= 11 is 2.08. The van der Waals surface area contributed by atoms with Crippen LogP contribution in [0.2, 0.25) is 0 Å². The van der Waals surface area contributed by atoms with Crippen LogP contribution in [0.25, 0.3) is 10.9 Å². The van der Waals surface area contributed by atoms with Gasteiger partial charge < -0.3 is 5.11 Å². The lowest BCUT2D eigenvalue weighted by Crippen LogP contribution is -1.94. The second-order valence-corrected chi connectivity index (χ2v) is 5.63. The van der Waals surface area contributed by atoms with Crippen molar-refractivity contribution in [3.63, 3.8) is 0 Å². The molecule has 5 heteroatoms. The summed E-state index contributed by atoms with van der Waals surface area (Å²) in [7, 11) is 0. The Morgan fingerprint density at radius 2 is 1.95 bits per heavy atom. The minimum Gasteiger partial charge on any atom is -0.507 e. The first-order valence-corrected chi connectivity index (χ1v) is 7.44. The number of halogens is 1. The molecule has 0 unspecified atom stereocenters. The molecule has 0 aliphatic heterocycles. The highest BCUT2D eigenvalue weighted by molar-refractivity contribution is 14.1. The van der Waals surface area contributed by atoms with E-state index in [0.717, 1.165) is 20.0 Å². The van der Waals surface area contributed by atoms with Gasteiger partial charge in [0.05, 0.1) is 15.3 Å². The highest BCUT2D eigenvalue weighted by Crippen LogP contribution is 2.19. The number of aromatic hydroxyl groups is 1. The molecule has 0 aliphatic rings. The number of phenols is 1. The van der Waals surface area contributed by atoms with Gasteiger partial charge in [-0.05, 0) is 64.6 Å². The van der Waals surface area contributed by atoms with Crippen LogP contribution in [0, 0.1) is 3.57 Å². The normalized spacial score (nSPS) is 11.1. The van der Waals surface area contributed by atoms with Crippen molar-refractivity contribution in [2.75, 3.05) is 5.43 Å². The predicted octanol–water partition coefficient (Wildman–Crippen LogP) is 3.99. The molecule has 1 heterocycles. The first-order chi connectivity index (χ1) is 10.2. The molecule has 0 saturated carbocycles. The maximum Gasteiger partial charge on any atom is 0.146 e. The maximum absolute atomic E-state index is 9.47. The Hall–Kier alpha value is -2.15. The average molecular weight is 389 g/mol. The lowest BCUT2D eigenvalue weighted by Gasteiger charge is -2.02. The largest absolute Gasteiger partial charge is 0.507 e. The van der Waals surface area contributed by atoms with E-state index in [1.165, 1.54) is 0 Å². The molecule has 0 saturated heterocycles. The lowest BCUT2D eigenvalue weighted by atomic mass is 10.2. The van der Waals surface area contributed by atoms with Crippen molar-refractivity contribution in [3.05, 3.63) is 63.7 Å². The van der Waals surface area contributed by atoms with Crippen molar-refractivity contribution in [3.8, 4) is 5.75 Å². The molecule has 0 radical (unpaired) electrons. The van der Waals surface area contributed by atoms with Crippen LogP contribution in [-0.2, 0) is 0 Å². The predicted molar refractivity (Wildman–Crippen MR) is 93.8 cm³/mol. The average Bonchev–Trinajstić information content (AvgIpc) is 2.51. The summed E-state index contributed by atoms with van der Waals surface area (Å²) < 4.78 is 0.792. The summed E-state index contributed by atoms with van der Waals surface area (Å²) in [5, 5.41) is 14.7. The number of benzene rings is 2. The summed E-state index contributed by atoms with van der Waals surface area (Å²) in [4.78, 5) is 4.47. The number of nitrogens with one attached hydrogen (secondary N) is 1.